The van der Waals surface area contributed by atoms with Crippen molar-refractivity contribution in [3.63, 3.8) is 0 Å². The maximum Gasteiger partial charge on any atom is 0.573 e. The fraction of sp³-hybridized carbons (Fsp3) is 0.179. The number of aryl methyl sites for hydroxylation is 1. The number of hydrogen-bond acceptors (Lipinski definition) is 7. The molecule has 3 aromatic carbocycles. The minimum atomic E-state index is -4.79. The third kappa shape index (κ3) is 7.98. The summed E-state index contributed by atoms with van der Waals surface area (Å²) < 4.78 is 83.3. The van der Waals surface area contributed by atoms with Crippen molar-refractivity contribution in [2.24, 2.45) is 4.99 Å². The molecule has 1 amide bonds. The number of benzene rings is 3. The third-order valence-electron chi connectivity index (χ3n) is 6.10. The molecule has 0 aliphatic carbocycles. The second kappa shape index (κ2) is 12.9. The number of hydrogen-bond donors (Lipinski definition) is 1. The molecule has 4 aromatic rings. The number of amides is 1. The molecule has 45 heavy (non-hydrogen) atoms. The molecule has 0 unspecified atom stereocenters. The summed E-state index contributed by atoms with van der Waals surface area (Å²) in [4.78, 5) is 27.2. The summed E-state index contributed by atoms with van der Waals surface area (Å²) in [6.45, 7) is 1.65. The van der Waals surface area contributed by atoms with Crippen molar-refractivity contribution < 1.29 is 40.7 Å². The van der Waals surface area contributed by atoms with Gasteiger partial charge in [0.2, 0.25) is 11.0 Å². The average molecular weight is 667 g/mol. The van der Waals surface area contributed by atoms with Crippen molar-refractivity contribution in [3.05, 3.63) is 89.7 Å². The van der Waals surface area contributed by atoms with Gasteiger partial charge < -0.3 is 4.74 Å². The van der Waals surface area contributed by atoms with Crippen LogP contribution in [0.4, 0.5) is 32.0 Å². The van der Waals surface area contributed by atoms with Gasteiger partial charge in [0.1, 0.15) is 12.1 Å². The first kappa shape index (κ1) is 31.9. The number of nitrogens with zero attached hydrogens (tertiary/aromatic N) is 5. The van der Waals surface area contributed by atoms with Gasteiger partial charge in [-0.2, -0.15) is 18.2 Å². The topological polar surface area (TPSA) is 93.9 Å². The second-order valence-electron chi connectivity index (χ2n) is 9.38. The molecule has 0 bridgehead atoms. The van der Waals surface area contributed by atoms with E-state index in [0.29, 0.717) is 28.2 Å². The predicted molar refractivity (Wildman–Crippen MR) is 158 cm³/mol. The summed E-state index contributed by atoms with van der Waals surface area (Å²) in [5.41, 5.74) is 3.54. The number of aromatic nitrogens is 3. The number of rotatable bonds is 7. The maximum absolute atomic E-state index is 13.6. The van der Waals surface area contributed by atoms with Crippen LogP contribution in [-0.4, -0.2) is 43.1 Å². The Kier molecular flexibility index (Phi) is 9.13. The normalized spacial score (nSPS) is 14.7. The number of carbonyl (C=O) groups is 1. The van der Waals surface area contributed by atoms with E-state index in [0.717, 1.165) is 22.7 Å². The van der Waals surface area contributed by atoms with Crippen molar-refractivity contribution in [1.82, 2.24) is 20.2 Å². The van der Waals surface area contributed by atoms with Gasteiger partial charge in [0, 0.05) is 5.56 Å². The van der Waals surface area contributed by atoms with Crippen LogP contribution in [0.3, 0.4) is 0 Å². The molecule has 1 aromatic heterocycles. The number of ether oxygens (including phenoxy) is 1. The Morgan fingerprint density at radius 2 is 1.76 bits per heavy atom. The number of halogens is 6. The number of hydroxylamine groups is 1. The van der Waals surface area contributed by atoms with E-state index in [1.54, 1.807) is 31.2 Å². The van der Waals surface area contributed by atoms with E-state index in [-0.39, 0.29) is 34.1 Å². The first-order valence-corrected chi connectivity index (χ1v) is 14.2. The van der Waals surface area contributed by atoms with Crippen LogP contribution in [0, 0.1) is 6.92 Å². The average Bonchev–Trinajstić information content (AvgIpc) is 3.59. The van der Waals surface area contributed by atoms with Gasteiger partial charge in [-0.25, -0.2) is 15.1 Å². The fourth-order valence-electron chi connectivity index (χ4n) is 4.11. The van der Waals surface area contributed by atoms with Crippen LogP contribution in [0.2, 0.25) is 0 Å². The molecule has 234 valence electrons. The highest BCUT2D eigenvalue weighted by Crippen LogP contribution is 2.39. The lowest BCUT2D eigenvalue weighted by Crippen LogP contribution is -2.33. The smallest absolute Gasteiger partial charge is 0.406 e. The molecule has 0 radical (unpaired) electrons. The largest absolute Gasteiger partial charge is 0.573 e. The summed E-state index contributed by atoms with van der Waals surface area (Å²) in [7, 11) is 0. The lowest BCUT2D eigenvalue weighted by molar-refractivity contribution is -0.274. The number of carbonyl (C=O) groups excluding carboxylic acids is 1. The highest BCUT2D eigenvalue weighted by Gasteiger charge is 2.39. The van der Waals surface area contributed by atoms with E-state index in [1.807, 2.05) is 0 Å². The van der Waals surface area contributed by atoms with Crippen LogP contribution in [0.5, 0.6) is 5.75 Å². The Labute approximate surface area is 260 Å². The third-order valence-corrected chi connectivity index (χ3v) is 7.20. The van der Waals surface area contributed by atoms with E-state index < -0.39 is 24.0 Å². The minimum absolute atomic E-state index is 0.0147. The highest BCUT2D eigenvalue weighted by molar-refractivity contribution is 8.15. The molecule has 0 atom stereocenters. The summed E-state index contributed by atoms with van der Waals surface area (Å²) in [5.74, 6) is -0.658. The van der Waals surface area contributed by atoms with Gasteiger partial charge in [0.05, 0.1) is 29.3 Å². The first-order valence-electron chi connectivity index (χ1n) is 12.8. The van der Waals surface area contributed by atoms with Gasteiger partial charge in [-0.05, 0) is 66.7 Å². The zero-order valence-electron chi connectivity index (χ0n) is 22.9. The van der Waals surface area contributed by atoms with Crippen LogP contribution in [-0.2, 0) is 22.4 Å². The number of alkyl halides is 6. The zero-order chi connectivity index (χ0) is 32.4. The van der Waals surface area contributed by atoms with E-state index in [4.69, 9.17) is 17.1 Å². The van der Waals surface area contributed by atoms with Crippen LogP contribution >= 0.6 is 24.0 Å². The van der Waals surface area contributed by atoms with Gasteiger partial charge in [-0.1, -0.05) is 42.1 Å². The molecule has 17 heteroatoms. The van der Waals surface area contributed by atoms with E-state index >= 15 is 0 Å². The quantitative estimate of drug-likeness (QED) is 0.134. The molecule has 1 fully saturated rings. The van der Waals surface area contributed by atoms with Crippen LogP contribution in [0.15, 0.2) is 78.0 Å². The number of aliphatic imine (C=N–C) groups is 1. The molecule has 0 spiro atoms. The Bertz CT molecular complexity index is 1740. The summed E-state index contributed by atoms with van der Waals surface area (Å²) in [6.07, 6.45) is -8.05. The van der Waals surface area contributed by atoms with Gasteiger partial charge >= 0.3 is 12.5 Å². The molecule has 9 nitrogen and oxygen atoms in total. The molecular weight excluding hydrogens is 646 g/mol. The van der Waals surface area contributed by atoms with E-state index in [1.165, 1.54) is 47.4 Å². The molecule has 0 saturated carbocycles. The predicted octanol–water partition coefficient (Wildman–Crippen LogP) is 6.60. The first-order chi connectivity index (χ1) is 21.3. The van der Waals surface area contributed by atoms with Crippen molar-refractivity contribution in [1.29, 1.82) is 0 Å². The Morgan fingerprint density at radius 1 is 1.04 bits per heavy atom. The second-order valence-corrected chi connectivity index (χ2v) is 10.7. The van der Waals surface area contributed by atoms with Gasteiger partial charge in [-0.15, -0.1) is 18.3 Å². The van der Waals surface area contributed by atoms with Gasteiger partial charge in [0.25, 0.3) is 0 Å². The number of nitrogens with one attached hydrogen (secondary N) is 1. The number of anilines is 1. The maximum atomic E-state index is 13.6. The standard InChI is InChI=1S/C28H20F6N6O3S2/c1-16-2-11-21(27(29,30)31)22(12-16)40-23(41)14-45-26(40)36-25(44)38-42-13-17-3-5-18(6-4-17)24-35-15-39(37-24)19-7-9-20(10-8-19)43-28(32,33)34/h2-12,15H,13-14H2,1H3,(H,38,44)/b36-26-. The molecule has 1 aliphatic rings. The molecule has 1 N–H and O–H groups in total. The summed E-state index contributed by atoms with van der Waals surface area (Å²) in [6, 6.07) is 15.6. The molecular formula is C28H20F6N6O3S2. The van der Waals surface area contributed by atoms with Crippen LogP contribution in [0.25, 0.3) is 17.1 Å². The van der Waals surface area contributed by atoms with Crippen LogP contribution in [0.1, 0.15) is 16.7 Å². The van der Waals surface area contributed by atoms with Crippen molar-refractivity contribution >= 4 is 45.9 Å². The number of thiocarbonyl (C=S) groups is 1. The zero-order valence-corrected chi connectivity index (χ0v) is 24.5. The Morgan fingerprint density at radius 3 is 2.42 bits per heavy atom. The SMILES string of the molecule is Cc1ccc(C(F)(F)F)c(N2C(=O)CS/C2=N\C(=S)NOCc2ccc(-c3ncn(-c4ccc(OC(F)(F)F)cc4)n3)cc2)c1. The van der Waals surface area contributed by atoms with Crippen molar-refractivity contribution in [2.75, 3.05) is 10.7 Å². The minimum Gasteiger partial charge on any atom is -0.406 e. The fourth-order valence-corrected chi connectivity index (χ4v) is 5.18. The van der Waals surface area contributed by atoms with E-state index in [9.17, 15) is 31.1 Å². The van der Waals surface area contributed by atoms with Gasteiger partial charge in [-0.3, -0.25) is 14.5 Å². The van der Waals surface area contributed by atoms with Crippen LogP contribution < -0.4 is 15.1 Å². The lowest BCUT2D eigenvalue weighted by atomic mass is 10.1. The molecule has 5 rings (SSSR count). The molecule has 1 saturated heterocycles. The Balaban J connectivity index is 1.18. The summed E-state index contributed by atoms with van der Waals surface area (Å²) >= 11 is 6.12. The Hall–Kier alpha value is -4.48. The summed E-state index contributed by atoms with van der Waals surface area (Å²) in [5, 5.41) is 4.14. The number of thioether (sulfide) groups is 1. The van der Waals surface area contributed by atoms with Gasteiger partial charge in [0.15, 0.2) is 11.0 Å². The number of amidine groups is 1. The van der Waals surface area contributed by atoms with E-state index in [2.05, 4.69) is 25.3 Å². The monoisotopic (exact) mass is 666 g/mol. The lowest BCUT2D eigenvalue weighted by Gasteiger charge is -2.21. The van der Waals surface area contributed by atoms with Crippen molar-refractivity contribution in [3.8, 4) is 22.8 Å². The highest BCUT2D eigenvalue weighted by atomic mass is 32.2. The van der Waals surface area contributed by atoms with Crippen molar-refractivity contribution in [2.45, 2.75) is 26.1 Å². The molecule has 2 heterocycles. The molecule has 1 aliphatic heterocycles.